The number of hydrogen-bond acceptors (Lipinski definition) is 5. The number of benzene rings is 1. The summed E-state index contributed by atoms with van der Waals surface area (Å²) in [7, 11) is 1.56. The van der Waals surface area contributed by atoms with Crippen molar-refractivity contribution >= 4 is 17.2 Å². The molecule has 0 saturated heterocycles. The van der Waals surface area contributed by atoms with Gasteiger partial charge < -0.3 is 15.8 Å². The molecule has 2 rings (SSSR count). The number of hydrogen-bond donors (Lipinski definition) is 2. The first-order valence-corrected chi connectivity index (χ1v) is 4.76. The molecule has 0 spiro atoms. The fourth-order valence-corrected chi connectivity index (χ4v) is 1.28. The molecule has 0 fully saturated rings. The minimum atomic E-state index is 0.515. The van der Waals surface area contributed by atoms with Crippen molar-refractivity contribution in [3.63, 3.8) is 0 Å². The van der Waals surface area contributed by atoms with Crippen LogP contribution < -0.4 is 15.8 Å². The lowest BCUT2D eigenvalue weighted by Gasteiger charge is -2.06. The van der Waals surface area contributed by atoms with Crippen molar-refractivity contribution in [2.75, 3.05) is 18.2 Å². The molecular formula is C11H12N4O. The molecule has 0 saturated carbocycles. The zero-order valence-electron chi connectivity index (χ0n) is 8.84. The maximum absolute atomic E-state index is 5.67. The molecule has 16 heavy (non-hydrogen) atoms. The third kappa shape index (κ3) is 2.38. The van der Waals surface area contributed by atoms with E-state index in [1.807, 2.05) is 24.3 Å². The number of anilines is 3. The Morgan fingerprint density at radius 3 is 2.88 bits per heavy atom. The number of nitrogens with one attached hydrogen (secondary N) is 1. The largest absolute Gasteiger partial charge is 0.481 e. The Kier molecular flexibility index (Phi) is 2.86. The summed E-state index contributed by atoms with van der Waals surface area (Å²) in [6.45, 7) is 0. The molecule has 0 aliphatic rings. The fourth-order valence-electron chi connectivity index (χ4n) is 1.28. The molecule has 2 aromatic rings. The van der Waals surface area contributed by atoms with E-state index in [1.165, 1.54) is 6.33 Å². The SMILES string of the molecule is COc1cc(Nc2cccc(N)c2)ncn1. The first-order valence-electron chi connectivity index (χ1n) is 4.76. The molecule has 3 N–H and O–H groups in total. The quantitative estimate of drug-likeness (QED) is 0.765. The van der Waals surface area contributed by atoms with E-state index >= 15 is 0 Å². The zero-order chi connectivity index (χ0) is 11.4. The first-order chi connectivity index (χ1) is 7.78. The van der Waals surface area contributed by atoms with Crippen LogP contribution in [0, 0.1) is 0 Å². The average Bonchev–Trinajstić information content (AvgIpc) is 2.29. The highest BCUT2D eigenvalue weighted by molar-refractivity contribution is 5.61. The van der Waals surface area contributed by atoms with Crippen LogP contribution in [0.25, 0.3) is 0 Å². The maximum Gasteiger partial charge on any atom is 0.218 e. The van der Waals surface area contributed by atoms with E-state index in [-0.39, 0.29) is 0 Å². The Balaban J connectivity index is 2.20. The summed E-state index contributed by atoms with van der Waals surface area (Å²) >= 11 is 0. The van der Waals surface area contributed by atoms with Crippen molar-refractivity contribution in [1.82, 2.24) is 9.97 Å². The Bertz CT molecular complexity index is 487. The van der Waals surface area contributed by atoms with E-state index in [9.17, 15) is 0 Å². The van der Waals surface area contributed by atoms with Crippen LogP contribution in [0.1, 0.15) is 0 Å². The fraction of sp³-hybridized carbons (Fsp3) is 0.0909. The molecule has 0 radical (unpaired) electrons. The average molecular weight is 216 g/mol. The smallest absolute Gasteiger partial charge is 0.218 e. The Morgan fingerprint density at radius 1 is 1.25 bits per heavy atom. The molecule has 5 heteroatoms. The topological polar surface area (TPSA) is 73.1 Å². The molecule has 0 unspecified atom stereocenters. The number of ether oxygens (including phenoxy) is 1. The molecule has 0 amide bonds. The Labute approximate surface area is 93.3 Å². The minimum Gasteiger partial charge on any atom is -0.481 e. The summed E-state index contributed by atoms with van der Waals surface area (Å²) in [6, 6.07) is 9.14. The molecule has 5 nitrogen and oxygen atoms in total. The van der Waals surface area contributed by atoms with E-state index in [2.05, 4.69) is 15.3 Å². The van der Waals surface area contributed by atoms with Crippen molar-refractivity contribution in [3.8, 4) is 5.88 Å². The van der Waals surface area contributed by atoms with Gasteiger partial charge in [0.2, 0.25) is 5.88 Å². The second-order valence-corrected chi connectivity index (χ2v) is 3.20. The van der Waals surface area contributed by atoms with Gasteiger partial charge in [0, 0.05) is 17.4 Å². The van der Waals surface area contributed by atoms with Gasteiger partial charge in [-0.3, -0.25) is 0 Å². The van der Waals surface area contributed by atoms with Gasteiger partial charge in [0.25, 0.3) is 0 Å². The lowest BCUT2D eigenvalue weighted by atomic mass is 10.3. The van der Waals surface area contributed by atoms with Gasteiger partial charge >= 0.3 is 0 Å². The number of nitrogens with two attached hydrogens (primary N) is 1. The highest BCUT2D eigenvalue weighted by atomic mass is 16.5. The van der Waals surface area contributed by atoms with Gasteiger partial charge in [0.15, 0.2) is 0 Å². The van der Waals surface area contributed by atoms with Crippen LogP contribution in [0.4, 0.5) is 17.2 Å². The van der Waals surface area contributed by atoms with Crippen molar-refractivity contribution < 1.29 is 4.74 Å². The molecular weight excluding hydrogens is 204 g/mol. The van der Waals surface area contributed by atoms with Gasteiger partial charge in [-0.05, 0) is 18.2 Å². The number of aromatic nitrogens is 2. The predicted octanol–water partition coefficient (Wildman–Crippen LogP) is 1.81. The molecule has 0 atom stereocenters. The molecule has 1 aromatic carbocycles. The van der Waals surface area contributed by atoms with Crippen LogP contribution >= 0.6 is 0 Å². The summed E-state index contributed by atoms with van der Waals surface area (Å²) in [4.78, 5) is 7.99. The third-order valence-corrected chi connectivity index (χ3v) is 2.01. The van der Waals surface area contributed by atoms with E-state index in [4.69, 9.17) is 10.5 Å². The minimum absolute atomic E-state index is 0.515. The summed E-state index contributed by atoms with van der Waals surface area (Å²) in [5, 5.41) is 3.11. The molecule has 1 heterocycles. The van der Waals surface area contributed by atoms with E-state index in [1.54, 1.807) is 13.2 Å². The normalized spacial score (nSPS) is 9.81. The monoisotopic (exact) mass is 216 g/mol. The van der Waals surface area contributed by atoms with Crippen LogP contribution in [-0.2, 0) is 0 Å². The summed E-state index contributed by atoms with van der Waals surface area (Å²) < 4.78 is 5.00. The van der Waals surface area contributed by atoms with E-state index < -0.39 is 0 Å². The number of nitrogens with zero attached hydrogens (tertiary/aromatic N) is 2. The van der Waals surface area contributed by atoms with Crippen molar-refractivity contribution in [1.29, 1.82) is 0 Å². The molecule has 0 aliphatic heterocycles. The first kappa shape index (κ1) is 10.2. The van der Waals surface area contributed by atoms with Crippen LogP contribution in [0.3, 0.4) is 0 Å². The van der Waals surface area contributed by atoms with E-state index in [0.29, 0.717) is 17.4 Å². The van der Waals surface area contributed by atoms with Gasteiger partial charge in [-0.15, -0.1) is 0 Å². The van der Waals surface area contributed by atoms with Gasteiger partial charge in [-0.25, -0.2) is 9.97 Å². The standard InChI is InChI=1S/C11H12N4O/c1-16-11-6-10(13-7-14-11)15-9-4-2-3-8(12)5-9/h2-7H,12H2,1H3,(H,13,14,15). The molecule has 0 aliphatic carbocycles. The highest BCUT2D eigenvalue weighted by Crippen LogP contribution is 2.18. The van der Waals surface area contributed by atoms with Gasteiger partial charge in [0.05, 0.1) is 7.11 Å². The predicted molar refractivity (Wildman–Crippen MR) is 62.7 cm³/mol. The Morgan fingerprint density at radius 2 is 2.12 bits per heavy atom. The highest BCUT2D eigenvalue weighted by Gasteiger charge is 1.99. The van der Waals surface area contributed by atoms with E-state index in [0.717, 1.165) is 5.69 Å². The number of nitrogen functional groups attached to an aromatic ring is 1. The van der Waals surface area contributed by atoms with Crippen LogP contribution in [-0.4, -0.2) is 17.1 Å². The molecule has 1 aromatic heterocycles. The van der Waals surface area contributed by atoms with Crippen molar-refractivity contribution in [3.05, 3.63) is 36.7 Å². The number of methoxy groups -OCH3 is 1. The summed E-state index contributed by atoms with van der Waals surface area (Å²) in [6.07, 6.45) is 1.44. The van der Waals surface area contributed by atoms with Crippen LogP contribution in [0.2, 0.25) is 0 Å². The van der Waals surface area contributed by atoms with Crippen LogP contribution in [0.15, 0.2) is 36.7 Å². The Hall–Kier alpha value is -2.30. The molecule has 82 valence electrons. The number of rotatable bonds is 3. The van der Waals surface area contributed by atoms with Gasteiger partial charge in [0.1, 0.15) is 12.1 Å². The summed E-state index contributed by atoms with van der Waals surface area (Å²) in [5.41, 5.74) is 7.25. The van der Waals surface area contributed by atoms with Crippen molar-refractivity contribution in [2.45, 2.75) is 0 Å². The molecule has 0 bridgehead atoms. The lowest BCUT2D eigenvalue weighted by molar-refractivity contribution is 0.397. The van der Waals surface area contributed by atoms with Gasteiger partial charge in [-0.1, -0.05) is 6.07 Å². The van der Waals surface area contributed by atoms with Crippen LogP contribution in [0.5, 0.6) is 5.88 Å². The van der Waals surface area contributed by atoms with Gasteiger partial charge in [-0.2, -0.15) is 0 Å². The third-order valence-electron chi connectivity index (χ3n) is 2.01. The maximum atomic E-state index is 5.67. The summed E-state index contributed by atoms with van der Waals surface area (Å²) in [5.74, 6) is 1.18. The second kappa shape index (κ2) is 4.48. The second-order valence-electron chi connectivity index (χ2n) is 3.20. The lowest BCUT2D eigenvalue weighted by Crippen LogP contribution is -1.96. The van der Waals surface area contributed by atoms with Crippen molar-refractivity contribution in [2.24, 2.45) is 0 Å². The zero-order valence-corrected chi connectivity index (χ0v) is 8.84.